The minimum Gasteiger partial charge on any atom is -0.322 e. The van der Waals surface area contributed by atoms with Gasteiger partial charge in [0.25, 0.3) is 11.1 Å². The lowest BCUT2D eigenvalue weighted by molar-refractivity contribution is 0.613. The van der Waals surface area contributed by atoms with Crippen LogP contribution in [0.25, 0.3) is 22.1 Å². The molecule has 0 atom stereocenters. The Kier molecular flexibility index (Phi) is 6.31. The molecule has 0 saturated carbocycles. The quantitative estimate of drug-likeness (QED) is 0.324. The predicted octanol–water partition coefficient (Wildman–Crippen LogP) is 2.73. The highest BCUT2D eigenvalue weighted by Crippen LogP contribution is 2.23. The van der Waals surface area contributed by atoms with Crippen LogP contribution in [-0.4, -0.2) is 28.7 Å². The maximum absolute atomic E-state index is 12.9. The number of hydrogen-bond acceptors (Lipinski definition) is 6. The van der Waals surface area contributed by atoms with Crippen molar-refractivity contribution in [3.05, 3.63) is 61.3 Å². The Labute approximate surface area is 188 Å². The first-order chi connectivity index (χ1) is 15.5. The number of aromatic nitrogens is 6. The summed E-state index contributed by atoms with van der Waals surface area (Å²) in [5.41, 5.74) is 0.514. The zero-order valence-corrected chi connectivity index (χ0v) is 19.2. The second-order valence-electron chi connectivity index (χ2n) is 7.46. The molecule has 4 aromatic rings. The summed E-state index contributed by atoms with van der Waals surface area (Å²) in [6.45, 7) is 7.43. The summed E-state index contributed by atoms with van der Waals surface area (Å²) in [7, 11) is 0. The van der Waals surface area contributed by atoms with E-state index in [9.17, 15) is 14.4 Å². The number of rotatable bonds is 8. The van der Waals surface area contributed by atoms with Gasteiger partial charge in [0.1, 0.15) is 5.82 Å². The average Bonchev–Trinajstić information content (AvgIpc) is 3.16. The molecule has 0 saturated heterocycles. The van der Waals surface area contributed by atoms with Crippen LogP contribution in [0.2, 0.25) is 0 Å². The van der Waals surface area contributed by atoms with E-state index in [4.69, 9.17) is 0 Å². The fourth-order valence-corrected chi connectivity index (χ4v) is 4.87. The van der Waals surface area contributed by atoms with E-state index in [-0.39, 0.29) is 5.56 Å². The fourth-order valence-electron chi connectivity index (χ4n) is 3.86. The molecule has 168 valence electrons. The van der Waals surface area contributed by atoms with E-state index in [0.29, 0.717) is 58.4 Å². The maximum Gasteiger partial charge on any atom is 0.330 e. The first kappa shape index (κ1) is 22.1. The van der Waals surface area contributed by atoms with Gasteiger partial charge in [-0.15, -0.1) is 0 Å². The topological polar surface area (TPSA) is 108 Å². The summed E-state index contributed by atoms with van der Waals surface area (Å²) in [4.78, 5) is 49.7. The van der Waals surface area contributed by atoms with Crippen molar-refractivity contribution in [2.75, 3.05) is 0 Å². The molecule has 1 N–H and O–H groups in total. The van der Waals surface area contributed by atoms with E-state index in [1.54, 1.807) is 10.6 Å². The third-order valence-electron chi connectivity index (χ3n) is 5.49. The Morgan fingerprint density at radius 3 is 2.44 bits per heavy atom. The molecule has 0 spiro atoms. The van der Waals surface area contributed by atoms with Gasteiger partial charge in [-0.1, -0.05) is 37.2 Å². The van der Waals surface area contributed by atoms with Crippen molar-refractivity contribution in [2.24, 2.45) is 0 Å². The van der Waals surface area contributed by atoms with Crippen LogP contribution in [0.1, 0.15) is 39.4 Å². The summed E-state index contributed by atoms with van der Waals surface area (Å²) in [5, 5.41) is 1.19. The number of para-hydroxylation sites is 1. The number of imidazole rings is 1. The standard InChI is InChI=1S/C22H26N6O3S/c1-4-7-12-28-18-17(19(29)25-21(28)31)26(5-2)16(24-18)13-32-22-23-15-11-9-8-10-14(15)20(30)27(22)6-3/h8-11H,4-7,12-13H2,1-3H3,(H,25,29,31). The van der Waals surface area contributed by atoms with Gasteiger partial charge in [-0.3, -0.25) is 23.7 Å². The zero-order chi connectivity index (χ0) is 22.8. The van der Waals surface area contributed by atoms with E-state index in [2.05, 4.69) is 15.0 Å². The highest BCUT2D eigenvalue weighted by atomic mass is 32.2. The second-order valence-corrected chi connectivity index (χ2v) is 8.40. The summed E-state index contributed by atoms with van der Waals surface area (Å²) >= 11 is 1.40. The van der Waals surface area contributed by atoms with Gasteiger partial charge in [0.05, 0.1) is 16.7 Å². The first-order valence-electron chi connectivity index (χ1n) is 10.8. The van der Waals surface area contributed by atoms with Crippen LogP contribution in [0, 0.1) is 0 Å². The van der Waals surface area contributed by atoms with Crippen molar-refractivity contribution in [3.63, 3.8) is 0 Å². The summed E-state index contributed by atoms with van der Waals surface area (Å²) in [6, 6.07) is 7.30. The fraction of sp³-hybridized carbons (Fsp3) is 0.409. The van der Waals surface area contributed by atoms with Crippen LogP contribution in [0.3, 0.4) is 0 Å². The SMILES string of the molecule is CCCCn1c(=O)[nH]c(=O)c2c1nc(CSc1nc3ccccc3c(=O)n1CC)n2CC. The smallest absolute Gasteiger partial charge is 0.322 e. The summed E-state index contributed by atoms with van der Waals surface area (Å²) < 4.78 is 5.02. The molecule has 0 aliphatic rings. The average molecular weight is 455 g/mol. The summed E-state index contributed by atoms with van der Waals surface area (Å²) in [6.07, 6.45) is 1.74. The van der Waals surface area contributed by atoms with E-state index in [0.717, 1.165) is 12.8 Å². The zero-order valence-electron chi connectivity index (χ0n) is 18.4. The number of H-pyrrole nitrogens is 1. The van der Waals surface area contributed by atoms with Crippen molar-refractivity contribution in [3.8, 4) is 0 Å². The van der Waals surface area contributed by atoms with Gasteiger partial charge in [-0.2, -0.15) is 0 Å². The minimum absolute atomic E-state index is 0.0746. The van der Waals surface area contributed by atoms with Crippen molar-refractivity contribution in [1.82, 2.24) is 28.7 Å². The molecule has 9 nitrogen and oxygen atoms in total. The predicted molar refractivity (Wildman–Crippen MR) is 126 cm³/mol. The maximum atomic E-state index is 12.9. The van der Waals surface area contributed by atoms with Gasteiger partial charge in [-0.25, -0.2) is 14.8 Å². The number of thioether (sulfide) groups is 1. The van der Waals surface area contributed by atoms with E-state index >= 15 is 0 Å². The number of aromatic amines is 1. The van der Waals surface area contributed by atoms with Crippen LogP contribution in [0.15, 0.2) is 43.8 Å². The Hall–Kier alpha value is -3.14. The molecule has 0 amide bonds. The van der Waals surface area contributed by atoms with Crippen molar-refractivity contribution < 1.29 is 0 Å². The van der Waals surface area contributed by atoms with E-state index in [1.807, 2.05) is 43.5 Å². The van der Waals surface area contributed by atoms with Gasteiger partial charge < -0.3 is 4.57 Å². The van der Waals surface area contributed by atoms with Gasteiger partial charge in [0, 0.05) is 19.6 Å². The lowest BCUT2D eigenvalue weighted by atomic mass is 10.2. The van der Waals surface area contributed by atoms with Crippen LogP contribution in [0.4, 0.5) is 0 Å². The summed E-state index contributed by atoms with van der Waals surface area (Å²) in [5.74, 6) is 1.08. The van der Waals surface area contributed by atoms with Crippen molar-refractivity contribution >= 4 is 33.8 Å². The molecule has 3 aromatic heterocycles. The van der Waals surface area contributed by atoms with Crippen molar-refractivity contribution in [1.29, 1.82) is 0 Å². The number of unbranched alkanes of at least 4 members (excludes halogenated alkanes) is 1. The third-order valence-corrected chi connectivity index (χ3v) is 6.46. The number of benzene rings is 1. The third kappa shape index (κ3) is 3.79. The van der Waals surface area contributed by atoms with Crippen LogP contribution in [0.5, 0.6) is 0 Å². The molecule has 10 heteroatoms. The van der Waals surface area contributed by atoms with E-state index in [1.165, 1.54) is 16.3 Å². The molecule has 0 aliphatic heterocycles. The Morgan fingerprint density at radius 2 is 1.72 bits per heavy atom. The number of nitrogens with one attached hydrogen (secondary N) is 1. The van der Waals surface area contributed by atoms with Crippen LogP contribution in [-0.2, 0) is 25.4 Å². The number of nitrogens with zero attached hydrogens (tertiary/aromatic N) is 5. The molecule has 0 unspecified atom stereocenters. The largest absolute Gasteiger partial charge is 0.330 e. The highest BCUT2D eigenvalue weighted by molar-refractivity contribution is 7.98. The molecule has 0 radical (unpaired) electrons. The van der Waals surface area contributed by atoms with Crippen molar-refractivity contribution in [2.45, 2.75) is 64.2 Å². The molecule has 0 aliphatic carbocycles. The highest BCUT2D eigenvalue weighted by Gasteiger charge is 2.19. The second kappa shape index (κ2) is 9.15. The number of aryl methyl sites for hydroxylation is 2. The van der Waals surface area contributed by atoms with Gasteiger partial charge >= 0.3 is 5.69 Å². The van der Waals surface area contributed by atoms with Gasteiger partial charge in [0.15, 0.2) is 16.3 Å². The lowest BCUT2D eigenvalue weighted by Crippen LogP contribution is -2.31. The molecule has 0 fully saturated rings. The number of hydrogen-bond donors (Lipinski definition) is 1. The molecule has 1 aromatic carbocycles. The minimum atomic E-state index is -0.438. The molecule has 3 heterocycles. The molecule has 32 heavy (non-hydrogen) atoms. The van der Waals surface area contributed by atoms with E-state index < -0.39 is 11.2 Å². The number of fused-ring (bicyclic) bond motifs is 2. The van der Waals surface area contributed by atoms with Gasteiger partial charge in [-0.05, 0) is 32.4 Å². The Bertz CT molecular complexity index is 1460. The monoisotopic (exact) mass is 454 g/mol. The Morgan fingerprint density at radius 1 is 0.969 bits per heavy atom. The van der Waals surface area contributed by atoms with Crippen LogP contribution >= 0.6 is 11.8 Å². The first-order valence-corrected chi connectivity index (χ1v) is 11.8. The lowest BCUT2D eigenvalue weighted by Gasteiger charge is -2.11. The van der Waals surface area contributed by atoms with Crippen LogP contribution < -0.4 is 16.8 Å². The molecule has 0 bridgehead atoms. The van der Waals surface area contributed by atoms with Gasteiger partial charge in [0.2, 0.25) is 0 Å². The molecular formula is C22H26N6O3S. The Balaban J connectivity index is 1.79. The normalized spacial score (nSPS) is 11.6. The molecule has 4 rings (SSSR count). The molecular weight excluding hydrogens is 428 g/mol.